The summed E-state index contributed by atoms with van der Waals surface area (Å²) in [4.78, 5) is 20.3. The minimum Gasteiger partial charge on any atom is -0.506 e. The first-order valence-corrected chi connectivity index (χ1v) is 9.64. The van der Waals surface area contributed by atoms with E-state index in [1.165, 1.54) is 34.8 Å². The van der Waals surface area contributed by atoms with Gasteiger partial charge >= 0.3 is 0 Å². The van der Waals surface area contributed by atoms with Gasteiger partial charge in [-0.3, -0.25) is 4.79 Å². The number of rotatable bonds is 2. The van der Waals surface area contributed by atoms with E-state index < -0.39 is 5.91 Å². The fraction of sp³-hybridized carbons (Fsp3) is 0. The van der Waals surface area contributed by atoms with Crippen LogP contribution < -0.4 is 0 Å². The molecule has 0 atom stereocenters. The first kappa shape index (κ1) is 15.9. The number of H-pyrrole nitrogens is 1. The van der Waals surface area contributed by atoms with Gasteiger partial charge in [0, 0.05) is 12.1 Å². The van der Waals surface area contributed by atoms with Crippen LogP contribution in [0.3, 0.4) is 0 Å². The van der Waals surface area contributed by atoms with Crippen molar-refractivity contribution in [1.29, 1.82) is 0 Å². The summed E-state index contributed by atoms with van der Waals surface area (Å²) < 4.78 is 1.04. The largest absolute Gasteiger partial charge is 0.506 e. The molecule has 3 aromatic heterocycles. The molecule has 1 aliphatic rings. The number of halogens is 2. The van der Waals surface area contributed by atoms with Crippen molar-refractivity contribution in [2.75, 3.05) is 0 Å². The number of carbonyl (C=O) groups excluding carboxylic acids is 1. The van der Waals surface area contributed by atoms with Crippen LogP contribution >= 0.6 is 54.5 Å². The maximum absolute atomic E-state index is 12.4. The van der Waals surface area contributed by atoms with Crippen molar-refractivity contribution in [2.24, 2.45) is 4.99 Å². The lowest BCUT2D eigenvalue weighted by Crippen LogP contribution is -1.96. The summed E-state index contributed by atoms with van der Waals surface area (Å²) in [6, 6.07) is 2.98. The van der Waals surface area contributed by atoms with E-state index in [0.717, 1.165) is 0 Å². The van der Waals surface area contributed by atoms with Crippen molar-refractivity contribution in [3.8, 4) is 28.0 Å². The fourth-order valence-corrected chi connectivity index (χ4v) is 5.30. The van der Waals surface area contributed by atoms with Gasteiger partial charge in [-0.2, -0.15) is 0 Å². The van der Waals surface area contributed by atoms with Gasteiger partial charge in [0.15, 0.2) is 5.88 Å². The Morgan fingerprint density at radius 1 is 0.958 bits per heavy atom. The molecule has 4 heterocycles. The Labute approximate surface area is 159 Å². The number of aromatic hydroxyl groups is 3. The van der Waals surface area contributed by atoms with E-state index in [9.17, 15) is 20.1 Å². The lowest BCUT2D eigenvalue weighted by molar-refractivity contribution is 0.101. The lowest BCUT2D eigenvalue weighted by atomic mass is 10.1. The van der Waals surface area contributed by atoms with Gasteiger partial charge in [0.05, 0.1) is 32.3 Å². The topological polar surface area (TPSA) is 106 Å². The number of nitrogens with one attached hydrogen (secondary N) is 1. The second-order valence-corrected chi connectivity index (χ2v) is 9.64. The van der Waals surface area contributed by atoms with Gasteiger partial charge < -0.3 is 20.3 Å². The van der Waals surface area contributed by atoms with Crippen molar-refractivity contribution in [1.82, 2.24) is 4.98 Å². The van der Waals surface area contributed by atoms with E-state index in [0.29, 0.717) is 34.3 Å². The molecule has 0 unspecified atom stereocenters. The molecule has 1 amide bonds. The SMILES string of the molecule is O=C1N=C(c2cc(O)c(Br)s2)c2c(O)[nH]c(-c3cc(O)c(Br)s3)c21. The molecule has 24 heavy (non-hydrogen) atoms. The van der Waals surface area contributed by atoms with Gasteiger partial charge in [-0.05, 0) is 31.9 Å². The van der Waals surface area contributed by atoms with Crippen molar-refractivity contribution in [2.45, 2.75) is 0 Å². The average molecular weight is 490 g/mol. The first-order valence-electron chi connectivity index (χ1n) is 6.42. The second kappa shape index (κ2) is 5.45. The molecule has 122 valence electrons. The smallest absolute Gasteiger partial charge is 0.280 e. The summed E-state index contributed by atoms with van der Waals surface area (Å²) in [6.45, 7) is 0. The van der Waals surface area contributed by atoms with Gasteiger partial charge in [-0.1, -0.05) is 0 Å². The standard InChI is InChI=1S/C14H6Br2N2O4S2/c15-11-3(19)1-5(23-11)9-7-8(14(22)17-9)10(18-13(7)21)6-2-4(20)12(16)24-6/h1-2,17,19-20,22H. The van der Waals surface area contributed by atoms with Crippen molar-refractivity contribution >= 4 is 66.2 Å². The molecule has 0 spiro atoms. The zero-order chi connectivity index (χ0) is 17.2. The molecule has 0 aliphatic carbocycles. The van der Waals surface area contributed by atoms with Crippen LogP contribution in [0.15, 0.2) is 24.7 Å². The Balaban J connectivity index is 1.90. The number of hydrogen-bond donors (Lipinski definition) is 4. The Hall–Kier alpha value is -1.62. The van der Waals surface area contributed by atoms with Gasteiger partial charge in [0.1, 0.15) is 19.1 Å². The molecule has 0 radical (unpaired) electrons. The monoisotopic (exact) mass is 488 g/mol. The van der Waals surface area contributed by atoms with Crippen molar-refractivity contribution in [3.63, 3.8) is 0 Å². The summed E-state index contributed by atoms with van der Waals surface area (Å²) >= 11 is 8.88. The highest BCUT2D eigenvalue weighted by molar-refractivity contribution is 9.11. The summed E-state index contributed by atoms with van der Waals surface area (Å²) in [7, 11) is 0. The third-order valence-electron chi connectivity index (χ3n) is 3.46. The normalized spacial score (nSPS) is 13.4. The van der Waals surface area contributed by atoms with Gasteiger partial charge in [0.2, 0.25) is 0 Å². The number of nitrogens with zero attached hydrogens (tertiary/aromatic N) is 1. The average Bonchev–Trinajstić information content (AvgIpc) is 3.22. The number of aliphatic imine (C=N–C) groups is 1. The molecular weight excluding hydrogens is 484 g/mol. The predicted molar refractivity (Wildman–Crippen MR) is 98.8 cm³/mol. The van der Waals surface area contributed by atoms with Crippen LogP contribution in [0.25, 0.3) is 10.6 Å². The van der Waals surface area contributed by atoms with Crippen molar-refractivity contribution in [3.05, 3.63) is 35.7 Å². The van der Waals surface area contributed by atoms with E-state index in [1.54, 1.807) is 0 Å². The highest BCUT2D eigenvalue weighted by Crippen LogP contribution is 2.45. The minimum absolute atomic E-state index is 0.0426. The molecule has 6 nitrogen and oxygen atoms in total. The van der Waals surface area contributed by atoms with E-state index in [2.05, 4.69) is 41.8 Å². The van der Waals surface area contributed by atoms with E-state index >= 15 is 0 Å². The summed E-state index contributed by atoms with van der Waals surface area (Å²) in [6.07, 6.45) is 0. The number of thiophene rings is 2. The van der Waals surface area contributed by atoms with Gasteiger partial charge in [0.25, 0.3) is 5.91 Å². The van der Waals surface area contributed by atoms with Gasteiger partial charge in [-0.15, -0.1) is 22.7 Å². The number of aromatic nitrogens is 1. The van der Waals surface area contributed by atoms with Crippen LogP contribution in [0.4, 0.5) is 0 Å². The molecule has 10 heteroatoms. The molecule has 4 rings (SSSR count). The third kappa shape index (κ3) is 2.25. The molecule has 0 saturated carbocycles. The highest BCUT2D eigenvalue weighted by atomic mass is 79.9. The molecular formula is C14H6Br2N2O4S2. The van der Waals surface area contributed by atoms with Gasteiger partial charge in [-0.25, -0.2) is 4.99 Å². The Morgan fingerprint density at radius 2 is 1.54 bits per heavy atom. The molecule has 0 saturated heterocycles. The molecule has 4 N–H and O–H groups in total. The zero-order valence-electron chi connectivity index (χ0n) is 11.4. The predicted octanol–water partition coefficient (Wildman–Crippen LogP) is 4.44. The Kier molecular flexibility index (Phi) is 3.60. The first-order chi connectivity index (χ1) is 11.4. The number of hydrogen-bond acceptors (Lipinski definition) is 6. The fourth-order valence-electron chi connectivity index (χ4n) is 2.47. The van der Waals surface area contributed by atoms with Crippen LogP contribution in [0.5, 0.6) is 17.4 Å². The summed E-state index contributed by atoms with van der Waals surface area (Å²) in [5.41, 5.74) is 1.26. The second-order valence-electron chi connectivity index (χ2n) is 4.90. The van der Waals surface area contributed by atoms with Crippen LogP contribution in [0, 0.1) is 0 Å². The molecule has 0 fully saturated rings. The quantitative estimate of drug-likeness (QED) is 0.427. The molecule has 0 aromatic carbocycles. The maximum Gasteiger partial charge on any atom is 0.280 e. The van der Waals surface area contributed by atoms with Crippen LogP contribution in [0.2, 0.25) is 0 Å². The number of fused-ring (bicyclic) bond motifs is 1. The third-order valence-corrected chi connectivity index (χ3v) is 7.09. The van der Waals surface area contributed by atoms with Crippen molar-refractivity contribution < 1.29 is 20.1 Å². The number of carbonyl (C=O) groups is 1. The summed E-state index contributed by atoms with van der Waals surface area (Å²) in [5.74, 6) is -0.574. The minimum atomic E-state index is -0.487. The number of aromatic amines is 1. The van der Waals surface area contributed by atoms with Crippen LogP contribution in [-0.4, -0.2) is 31.9 Å². The maximum atomic E-state index is 12.4. The highest BCUT2D eigenvalue weighted by Gasteiger charge is 2.35. The zero-order valence-corrected chi connectivity index (χ0v) is 16.2. The van der Waals surface area contributed by atoms with Crippen LogP contribution in [0.1, 0.15) is 20.8 Å². The molecule has 3 aromatic rings. The molecule has 0 bridgehead atoms. The lowest BCUT2D eigenvalue weighted by Gasteiger charge is -1.96. The summed E-state index contributed by atoms with van der Waals surface area (Å²) in [5, 5.41) is 29.7. The van der Waals surface area contributed by atoms with Crippen LogP contribution in [-0.2, 0) is 0 Å². The Morgan fingerprint density at radius 3 is 2.08 bits per heavy atom. The van der Waals surface area contributed by atoms with E-state index in [1.807, 2.05) is 0 Å². The van der Waals surface area contributed by atoms with E-state index in [-0.39, 0.29) is 22.9 Å². The molecule has 1 aliphatic heterocycles. The van der Waals surface area contributed by atoms with E-state index in [4.69, 9.17) is 0 Å². The number of amides is 1. The Bertz CT molecular complexity index is 1010.